The van der Waals surface area contributed by atoms with E-state index in [1.807, 2.05) is 68.5 Å². The van der Waals surface area contributed by atoms with Gasteiger partial charge in [0.2, 0.25) is 5.43 Å². The Hall–Kier alpha value is -3.46. The number of carbonyl (C=O) groups is 1. The Labute approximate surface area is 164 Å². The predicted octanol–water partition coefficient (Wildman–Crippen LogP) is 5.18. The smallest absolute Gasteiger partial charge is 0.220 e. The molecule has 0 amide bonds. The topological polar surface area (TPSA) is 54.4 Å². The van der Waals surface area contributed by atoms with Gasteiger partial charge in [-0.1, -0.05) is 77.9 Å². The lowest BCUT2D eigenvalue weighted by molar-refractivity contribution is 0.0996. The minimum absolute atomic E-state index is 0.0388. The molecule has 0 aliphatic carbocycles. The molecule has 3 rings (SSSR count). The fraction of sp³-hybridized carbons (Fsp3) is 0.120. The second kappa shape index (κ2) is 8.49. The first kappa shape index (κ1) is 19.3. The van der Waals surface area contributed by atoms with Crippen molar-refractivity contribution >= 4 is 17.4 Å². The van der Waals surface area contributed by atoms with Gasteiger partial charge in [-0.3, -0.25) is 9.59 Å². The first-order valence-corrected chi connectivity index (χ1v) is 9.14. The first-order valence-electron chi connectivity index (χ1n) is 9.14. The van der Waals surface area contributed by atoms with E-state index in [0.29, 0.717) is 0 Å². The maximum absolute atomic E-state index is 12.9. The number of rotatable bonds is 5. The molecule has 3 heteroatoms. The van der Waals surface area contributed by atoms with E-state index in [4.69, 9.17) is 0 Å². The van der Waals surface area contributed by atoms with Crippen LogP contribution in [0.2, 0.25) is 0 Å². The molecule has 0 atom stereocenters. The molecule has 0 fully saturated rings. The third-order valence-corrected chi connectivity index (χ3v) is 4.60. The Morgan fingerprint density at radius 2 is 1.43 bits per heavy atom. The normalized spacial score (nSPS) is 11.3. The van der Waals surface area contributed by atoms with Crippen molar-refractivity contribution < 1.29 is 9.90 Å². The molecule has 0 aliphatic heterocycles. The third-order valence-electron chi connectivity index (χ3n) is 4.60. The number of carbonyl (C=O) groups excluding carboxylic acids is 1. The molecule has 1 N–H and O–H groups in total. The van der Waals surface area contributed by atoms with E-state index < -0.39 is 11.2 Å². The van der Waals surface area contributed by atoms with Gasteiger partial charge in [0.25, 0.3) is 0 Å². The van der Waals surface area contributed by atoms with Crippen LogP contribution in [0.25, 0.3) is 11.6 Å². The molecule has 3 aromatic carbocycles. The highest BCUT2D eigenvalue weighted by atomic mass is 16.3. The van der Waals surface area contributed by atoms with Crippen molar-refractivity contribution in [1.82, 2.24) is 0 Å². The molecule has 0 radical (unpaired) electrons. The summed E-state index contributed by atoms with van der Waals surface area (Å²) in [4.78, 5) is 24.8. The molecular weight excluding hydrogens is 348 g/mol. The molecule has 0 saturated carbocycles. The summed E-state index contributed by atoms with van der Waals surface area (Å²) in [6, 6.07) is 21.8. The van der Waals surface area contributed by atoms with Gasteiger partial charge in [-0.05, 0) is 42.7 Å². The molecular formula is C25H22O3. The number of aryl methyl sites for hydroxylation is 2. The maximum atomic E-state index is 12.9. The summed E-state index contributed by atoms with van der Waals surface area (Å²) in [5, 5.41) is 10.1. The molecule has 0 bridgehead atoms. The van der Waals surface area contributed by atoms with Crippen LogP contribution in [0.5, 0.6) is 5.75 Å². The van der Waals surface area contributed by atoms with E-state index in [1.165, 1.54) is 18.2 Å². The zero-order valence-electron chi connectivity index (χ0n) is 16.0. The zero-order valence-corrected chi connectivity index (χ0v) is 16.0. The molecule has 0 unspecified atom stereocenters. The zero-order chi connectivity index (χ0) is 20.1. The Morgan fingerprint density at radius 3 is 2.07 bits per heavy atom. The van der Waals surface area contributed by atoms with Crippen molar-refractivity contribution in [1.29, 1.82) is 0 Å². The van der Waals surface area contributed by atoms with Crippen LogP contribution >= 0.6 is 0 Å². The summed E-state index contributed by atoms with van der Waals surface area (Å²) >= 11 is 0. The lowest BCUT2D eigenvalue weighted by Crippen LogP contribution is -2.05. The average Bonchev–Trinajstić information content (AvgIpc) is 2.85. The highest BCUT2D eigenvalue weighted by Crippen LogP contribution is 2.25. The van der Waals surface area contributed by atoms with Crippen molar-refractivity contribution in [2.24, 2.45) is 0 Å². The number of benzene rings is 2. The van der Waals surface area contributed by atoms with Crippen LogP contribution in [-0.2, 0) is 0 Å². The van der Waals surface area contributed by atoms with Crippen molar-refractivity contribution in [3.8, 4) is 5.75 Å². The van der Waals surface area contributed by atoms with E-state index in [-0.39, 0.29) is 17.8 Å². The quantitative estimate of drug-likeness (QED) is 0.497. The molecule has 3 nitrogen and oxygen atoms in total. The number of allylic oxidation sites excluding steroid dienone is 1. The average molecular weight is 370 g/mol. The summed E-state index contributed by atoms with van der Waals surface area (Å²) in [5.74, 6) is -0.807. The van der Waals surface area contributed by atoms with Gasteiger partial charge in [0.05, 0.1) is 5.56 Å². The fourth-order valence-electron chi connectivity index (χ4n) is 2.95. The van der Waals surface area contributed by atoms with Gasteiger partial charge >= 0.3 is 0 Å². The second-order valence-corrected chi connectivity index (χ2v) is 6.89. The molecule has 0 saturated heterocycles. The lowest BCUT2D eigenvalue weighted by atomic mass is 9.95. The minimum Gasteiger partial charge on any atom is -0.504 e. The SMILES string of the molecule is Cc1ccc(/C=C(\CC(=O)c2ccccc(=O)c2O)c2ccc(C)cc2)cc1. The largest absolute Gasteiger partial charge is 0.504 e. The monoisotopic (exact) mass is 370 g/mol. The lowest BCUT2D eigenvalue weighted by Gasteiger charge is -2.09. The van der Waals surface area contributed by atoms with Crippen LogP contribution in [0.1, 0.15) is 39.0 Å². The molecule has 0 spiro atoms. The van der Waals surface area contributed by atoms with Crippen LogP contribution in [0.4, 0.5) is 0 Å². The van der Waals surface area contributed by atoms with Gasteiger partial charge in [0.1, 0.15) is 0 Å². The first-order chi connectivity index (χ1) is 13.4. The molecule has 28 heavy (non-hydrogen) atoms. The van der Waals surface area contributed by atoms with E-state index >= 15 is 0 Å². The highest BCUT2D eigenvalue weighted by molar-refractivity contribution is 6.06. The van der Waals surface area contributed by atoms with Gasteiger partial charge in [-0.15, -0.1) is 0 Å². The number of ketones is 1. The summed E-state index contributed by atoms with van der Waals surface area (Å²) in [5.41, 5.74) is 4.52. The Morgan fingerprint density at radius 1 is 0.857 bits per heavy atom. The highest BCUT2D eigenvalue weighted by Gasteiger charge is 2.15. The van der Waals surface area contributed by atoms with E-state index in [0.717, 1.165) is 27.8 Å². The molecule has 0 aromatic heterocycles. The fourth-order valence-corrected chi connectivity index (χ4v) is 2.95. The molecule has 3 aromatic rings. The van der Waals surface area contributed by atoms with Crippen LogP contribution in [0.3, 0.4) is 0 Å². The van der Waals surface area contributed by atoms with Crippen LogP contribution in [-0.4, -0.2) is 10.9 Å². The number of hydrogen-bond acceptors (Lipinski definition) is 3. The predicted molar refractivity (Wildman–Crippen MR) is 114 cm³/mol. The number of Topliss-reactive ketones (excluding diaryl/α,β-unsaturated/α-hetero) is 1. The maximum Gasteiger partial charge on any atom is 0.220 e. The van der Waals surface area contributed by atoms with Gasteiger partial charge in [0.15, 0.2) is 11.5 Å². The van der Waals surface area contributed by atoms with Gasteiger partial charge in [0, 0.05) is 6.42 Å². The number of hydrogen-bond donors (Lipinski definition) is 1. The summed E-state index contributed by atoms with van der Waals surface area (Å²) < 4.78 is 0. The number of aromatic hydroxyl groups is 1. The molecule has 140 valence electrons. The summed E-state index contributed by atoms with van der Waals surface area (Å²) in [6.07, 6.45) is 2.05. The van der Waals surface area contributed by atoms with Gasteiger partial charge < -0.3 is 5.11 Å². The van der Waals surface area contributed by atoms with Crippen molar-refractivity contribution in [3.63, 3.8) is 0 Å². The summed E-state index contributed by atoms with van der Waals surface area (Å²) in [7, 11) is 0. The van der Waals surface area contributed by atoms with Gasteiger partial charge in [-0.2, -0.15) is 0 Å². The van der Waals surface area contributed by atoms with E-state index in [2.05, 4.69) is 0 Å². The van der Waals surface area contributed by atoms with Crippen molar-refractivity contribution in [2.75, 3.05) is 0 Å². The minimum atomic E-state index is -0.562. The van der Waals surface area contributed by atoms with Crippen LogP contribution in [0, 0.1) is 13.8 Å². The summed E-state index contributed by atoms with van der Waals surface area (Å²) in [6.45, 7) is 4.03. The van der Waals surface area contributed by atoms with E-state index in [9.17, 15) is 14.7 Å². The van der Waals surface area contributed by atoms with Crippen molar-refractivity contribution in [3.05, 3.63) is 111 Å². The Bertz CT molecular complexity index is 1080. The molecule has 0 aliphatic rings. The van der Waals surface area contributed by atoms with E-state index in [1.54, 1.807) is 6.07 Å². The Kier molecular flexibility index (Phi) is 5.85. The standard InChI is InChI=1S/C25H22O3/c1-17-7-11-19(12-8-17)15-21(20-13-9-18(2)10-14-20)16-24(27)22-5-3-4-6-23(26)25(22)28/h3-15H,16H2,1-2H3,(H,26,28)/b21-15+. The van der Waals surface area contributed by atoms with Crippen LogP contribution in [0.15, 0.2) is 77.6 Å². The van der Waals surface area contributed by atoms with Crippen LogP contribution < -0.4 is 5.43 Å². The van der Waals surface area contributed by atoms with Crippen molar-refractivity contribution in [2.45, 2.75) is 20.3 Å². The second-order valence-electron chi connectivity index (χ2n) is 6.89. The third kappa shape index (κ3) is 4.63. The Balaban J connectivity index is 2.02. The molecule has 0 heterocycles. The van der Waals surface area contributed by atoms with Gasteiger partial charge in [-0.25, -0.2) is 0 Å².